The molecule has 0 fully saturated rings. The van der Waals surface area contributed by atoms with E-state index in [2.05, 4.69) is 20.6 Å². The van der Waals surface area contributed by atoms with Crippen LogP contribution in [0.2, 0.25) is 0 Å². The van der Waals surface area contributed by atoms with Crippen LogP contribution in [0, 0.1) is 0 Å². The van der Waals surface area contributed by atoms with Gasteiger partial charge in [0.05, 0.1) is 0 Å². The summed E-state index contributed by atoms with van der Waals surface area (Å²) < 4.78 is 0. The van der Waals surface area contributed by atoms with Gasteiger partial charge in [0.1, 0.15) is 0 Å². The Morgan fingerprint density at radius 2 is 1.20 bits per heavy atom. The maximum absolute atomic E-state index is 3.96. The van der Waals surface area contributed by atoms with Gasteiger partial charge in [-0.15, -0.1) is 0 Å². The molecule has 0 rings (SSSR count). The lowest BCUT2D eigenvalue weighted by Gasteiger charge is -2.05. The largest absolute Gasteiger partial charge is 0.370 e. The molecular formula is C6H14N4. The highest BCUT2D eigenvalue weighted by Crippen LogP contribution is 1.73. The van der Waals surface area contributed by atoms with Crippen molar-refractivity contribution in [1.82, 2.24) is 10.6 Å². The molecule has 0 saturated carbocycles. The second kappa shape index (κ2) is 4.78. The van der Waals surface area contributed by atoms with E-state index in [4.69, 9.17) is 0 Å². The molecular weight excluding hydrogens is 128 g/mol. The van der Waals surface area contributed by atoms with E-state index in [1.54, 1.807) is 14.1 Å². The van der Waals surface area contributed by atoms with Crippen molar-refractivity contribution < 1.29 is 0 Å². The Labute approximate surface area is 61.5 Å². The highest BCUT2D eigenvalue weighted by Gasteiger charge is 1.99. The molecule has 0 aliphatic heterocycles. The first kappa shape index (κ1) is 8.94. The summed E-state index contributed by atoms with van der Waals surface area (Å²) in [6.07, 6.45) is 0. The first-order valence-corrected chi connectivity index (χ1v) is 3.09. The summed E-state index contributed by atoms with van der Waals surface area (Å²) in [4.78, 5) is 7.92. The number of rotatable bonds is 0. The van der Waals surface area contributed by atoms with E-state index in [-0.39, 0.29) is 0 Å². The fourth-order valence-electron chi connectivity index (χ4n) is 0.672. The monoisotopic (exact) mass is 142 g/mol. The predicted octanol–water partition coefficient (Wildman–Crippen LogP) is -0.518. The van der Waals surface area contributed by atoms with Crippen molar-refractivity contribution in [2.45, 2.75) is 0 Å². The Kier molecular flexibility index (Phi) is 4.28. The molecule has 0 bridgehead atoms. The predicted molar refractivity (Wildman–Crippen MR) is 44.8 cm³/mol. The molecule has 0 spiro atoms. The van der Waals surface area contributed by atoms with Gasteiger partial charge in [-0.2, -0.15) is 0 Å². The highest BCUT2D eigenvalue weighted by molar-refractivity contribution is 6.40. The molecule has 0 unspecified atom stereocenters. The van der Waals surface area contributed by atoms with Crippen molar-refractivity contribution in [3.05, 3.63) is 0 Å². The summed E-state index contributed by atoms with van der Waals surface area (Å²) in [5.41, 5.74) is 0. The van der Waals surface area contributed by atoms with Gasteiger partial charge in [0, 0.05) is 28.2 Å². The van der Waals surface area contributed by atoms with E-state index in [0.29, 0.717) is 0 Å². The molecule has 10 heavy (non-hydrogen) atoms. The average molecular weight is 142 g/mol. The molecule has 0 aromatic rings. The first-order chi connectivity index (χ1) is 4.79. The minimum absolute atomic E-state index is 0.769. The molecule has 0 atom stereocenters. The van der Waals surface area contributed by atoms with Gasteiger partial charge in [0.2, 0.25) is 0 Å². The molecule has 0 radical (unpaired) electrons. The van der Waals surface area contributed by atoms with Crippen molar-refractivity contribution in [2.24, 2.45) is 9.98 Å². The van der Waals surface area contributed by atoms with Crippen molar-refractivity contribution in [1.29, 1.82) is 0 Å². The number of amidine groups is 2. The Hall–Kier alpha value is -1.06. The van der Waals surface area contributed by atoms with Crippen LogP contribution in [0.3, 0.4) is 0 Å². The number of nitrogens with zero attached hydrogens (tertiary/aromatic N) is 2. The topological polar surface area (TPSA) is 48.8 Å². The SMILES string of the molecule is CN=C(NC)C(=NC)NC. The molecule has 0 heterocycles. The van der Waals surface area contributed by atoms with Crippen molar-refractivity contribution >= 4 is 11.7 Å². The molecule has 58 valence electrons. The van der Waals surface area contributed by atoms with Gasteiger partial charge in [-0.05, 0) is 0 Å². The van der Waals surface area contributed by atoms with Crippen LogP contribution in [0.15, 0.2) is 9.98 Å². The van der Waals surface area contributed by atoms with E-state index in [0.717, 1.165) is 11.7 Å². The Balaban J connectivity index is 4.27. The van der Waals surface area contributed by atoms with E-state index in [9.17, 15) is 0 Å². The summed E-state index contributed by atoms with van der Waals surface area (Å²) in [6, 6.07) is 0. The number of nitrogens with one attached hydrogen (secondary N) is 2. The van der Waals surface area contributed by atoms with Crippen molar-refractivity contribution in [2.75, 3.05) is 28.2 Å². The third-order valence-electron chi connectivity index (χ3n) is 1.15. The molecule has 0 aromatic carbocycles. The Bertz CT molecular complexity index is 130. The summed E-state index contributed by atoms with van der Waals surface area (Å²) in [5.74, 6) is 1.54. The highest BCUT2D eigenvalue weighted by atomic mass is 15.1. The molecule has 0 saturated heterocycles. The van der Waals surface area contributed by atoms with Gasteiger partial charge in [-0.1, -0.05) is 0 Å². The zero-order valence-corrected chi connectivity index (χ0v) is 6.89. The molecule has 2 N–H and O–H groups in total. The molecule has 4 heteroatoms. The zero-order chi connectivity index (χ0) is 7.98. The van der Waals surface area contributed by atoms with Crippen LogP contribution in [0.4, 0.5) is 0 Å². The summed E-state index contributed by atoms with van der Waals surface area (Å²) in [5, 5.41) is 5.82. The van der Waals surface area contributed by atoms with Crippen LogP contribution < -0.4 is 10.6 Å². The smallest absolute Gasteiger partial charge is 0.163 e. The van der Waals surface area contributed by atoms with Crippen molar-refractivity contribution in [3.63, 3.8) is 0 Å². The Morgan fingerprint density at radius 3 is 1.30 bits per heavy atom. The van der Waals surface area contributed by atoms with E-state index in [1.165, 1.54) is 0 Å². The second-order valence-electron chi connectivity index (χ2n) is 1.64. The normalized spacial score (nSPS) is 13.2. The van der Waals surface area contributed by atoms with E-state index >= 15 is 0 Å². The number of hydrogen-bond donors (Lipinski definition) is 2. The van der Waals surface area contributed by atoms with Gasteiger partial charge in [-0.3, -0.25) is 9.98 Å². The van der Waals surface area contributed by atoms with Crippen LogP contribution in [0.5, 0.6) is 0 Å². The fourth-order valence-corrected chi connectivity index (χ4v) is 0.672. The lowest BCUT2D eigenvalue weighted by Crippen LogP contribution is -2.36. The van der Waals surface area contributed by atoms with Crippen LogP contribution in [0.25, 0.3) is 0 Å². The maximum atomic E-state index is 3.96. The lowest BCUT2D eigenvalue weighted by atomic mass is 10.5. The molecule has 0 aliphatic rings. The number of aliphatic imine (C=N–C) groups is 2. The average Bonchev–Trinajstić information content (AvgIpc) is 2.00. The van der Waals surface area contributed by atoms with Crippen LogP contribution in [-0.2, 0) is 0 Å². The van der Waals surface area contributed by atoms with Gasteiger partial charge in [-0.25, -0.2) is 0 Å². The third kappa shape index (κ3) is 2.05. The summed E-state index contributed by atoms with van der Waals surface area (Å²) in [7, 11) is 7.05. The van der Waals surface area contributed by atoms with Crippen LogP contribution >= 0.6 is 0 Å². The molecule has 0 aliphatic carbocycles. The fraction of sp³-hybridized carbons (Fsp3) is 0.667. The quantitative estimate of drug-likeness (QED) is 0.353. The van der Waals surface area contributed by atoms with Crippen LogP contribution in [0.1, 0.15) is 0 Å². The first-order valence-electron chi connectivity index (χ1n) is 3.09. The third-order valence-corrected chi connectivity index (χ3v) is 1.15. The van der Waals surface area contributed by atoms with Gasteiger partial charge in [0.25, 0.3) is 0 Å². The molecule has 0 amide bonds. The number of hydrogen-bond acceptors (Lipinski definition) is 2. The van der Waals surface area contributed by atoms with E-state index < -0.39 is 0 Å². The van der Waals surface area contributed by atoms with Gasteiger partial charge < -0.3 is 10.6 Å². The maximum Gasteiger partial charge on any atom is 0.163 e. The zero-order valence-electron chi connectivity index (χ0n) is 6.89. The van der Waals surface area contributed by atoms with Crippen molar-refractivity contribution in [3.8, 4) is 0 Å². The summed E-state index contributed by atoms with van der Waals surface area (Å²) >= 11 is 0. The Morgan fingerprint density at radius 1 is 0.900 bits per heavy atom. The number of likely N-dealkylation sites (N-methyl/N-ethyl adjacent to an activating group) is 2. The minimum atomic E-state index is 0.769. The summed E-state index contributed by atoms with van der Waals surface area (Å²) in [6.45, 7) is 0. The van der Waals surface area contributed by atoms with Gasteiger partial charge in [0.15, 0.2) is 11.7 Å². The minimum Gasteiger partial charge on any atom is -0.370 e. The second-order valence-corrected chi connectivity index (χ2v) is 1.64. The van der Waals surface area contributed by atoms with Gasteiger partial charge >= 0.3 is 0 Å². The molecule has 4 nitrogen and oxygen atoms in total. The van der Waals surface area contributed by atoms with Crippen LogP contribution in [-0.4, -0.2) is 39.9 Å². The molecule has 0 aromatic heterocycles. The standard InChI is InChI=1S/C6H14N4/c1-7-5(8-2)6(9-3)10-4/h1-4H3,(H,7,8)(H,9,10). The lowest BCUT2D eigenvalue weighted by molar-refractivity contribution is 1.11. The van der Waals surface area contributed by atoms with E-state index in [1.807, 2.05) is 14.1 Å².